The predicted octanol–water partition coefficient (Wildman–Crippen LogP) is -2.88. The van der Waals surface area contributed by atoms with E-state index in [0.717, 1.165) is 0 Å². The lowest BCUT2D eigenvalue weighted by atomic mass is 9.95. The average molecular weight is 1010 g/mol. The third-order valence-electron chi connectivity index (χ3n) is 13.7. The number of methoxy groups -OCH3 is 6. The molecular formula is C43H65N3O24. The van der Waals surface area contributed by atoms with Crippen molar-refractivity contribution in [3.8, 4) is 0 Å². The molecule has 0 saturated carbocycles. The van der Waals surface area contributed by atoms with Crippen LogP contribution in [0.5, 0.6) is 0 Å². The number of azide groups is 1. The number of ether oxygens (including phenoxy) is 18. The van der Waals surface area contributed by atoms with Crippen LogP contribution in [-0.4, -0.2) is 260 Å². The van der Waals surface area contributed by atoms with E-state index < -0.39 is 173 Å². The van der Waals surface area contributed by atoms with E-state index >= 15 is 0 Å². The Hall–Kier alpha value is -2.43. The second kappa shape index (κ2) is 24.3. The normalized spacial score (nSPS) is 47.3. The zero-order chi connectivity index (χ0) is 49.8. The van der Waals surface area contributed by atoms with Crippen LogP contribution in [0.1, 0.15) is 11.9 Å². The number of benzene rings is 1. The molecule has 7 saturated heterocycles. The zero-order valence-electron chi connectivity index (χ0n) is 39.3. The number of aliphatic hydroxyl groups is 6. The standard InChI is InChI=1S/C43H65N3O24/c1-53-14-20-32(35(56-4)37(58-6)43(65-20)69-31-22-16-60-39(63-22)23(45-46-44)33(31)54-2)70-42-36(57-5)34(55-3)30(19(13-48)62-42)68-40-26(51)24(49)28(18(12-47)61-40)67-41-27(52)25(50)29-21(64-41)15-59-38(66-29)17-10-8-7-9-11-17/h7-11,18-43,47-52H,12-16H2,1-6H3/t18?,19-,20-,21?,22?,23?,24-,25-,26?,27?,28+,29+,30-,31+,32-,33+,34?,35?,36?,37?,38?,39+,40+,41+,42-,43-/m1/s1. The Labute approximate surface area is 402 Å². The lowest BCUT2D eigenvalue weighted by Gasteiger charge is -2.51. The van der Waals surface area contributed by atoms with E-state index in [2.05, 4.69) is 10.0 Å². The van der Waals surface area contributed by atoms with Gasteiger partial charge in [-0.1, -0.05) is 35.4 Å². The smallest absolute Gasteiger partial charge is 0.187 e. The fraction of sp³-hybridized carbons (Fsp3) is 0.860. The van der Waals surface area contributed by atoms with Crippen molar-refractivity contribution in [3.05, 3.63) is 46.3 Å². The van der Waals surface area contributed by atoms with Gasteiger partial charge in [0.1, 0.15) is 116 Å². The monoisotopic (exact) mass is 1010 g/mol. The third kappa shape index (κ3) is 10.7. The Morgan fingerprint density at radius 1 is 0.543 bits per heavy atom. The number of fused-ring (bicyclic) bond motifs is 3. The Bertz CT molecular complexity index is 1830. The topological polar surface area (TPSA) is 336 Å². The Morgan fingerprint density at radius 2 is 1.07 bits per heavy atom. The van der Waals surface area contributed by atoms with Crippen molar-refractivity contribution in [3.63, 3.8) is 0 Å². The van der Waals surface area contributed by atoms with Crippen molar-refractivity contribution in [2.45, 2.75) is 160 Å². The van der Waals surface area contributed by atoms with Gasteiger partial charge in [0.25, 0.3) is 0 Å². The van der Waals surface area contributed by atoms with Crippen molar-refractivity contribution in [1.29, 1.82) is 0 Å². The number of hydrogen-bond acceptors (Lipinski definition) is 25. The van der Waals surface area contributed by atoms with Crippen LogP contribution in [0.4, 0.5) is 0 Å². The van der Waals surface area contributed by atoms with Crippen LogP contribution < -0.4 is 0 Å². The van der Waals surface area contributed by atoms with Gasteiger partial charge in [-0.25, -0.2) is 0 Å². The van der Waals surface area contributed by atoms with Crippen LogP contribution in [0.3, 0.4) is 0 Å². The summed E-state index contributed by atoms with van der Waals surface area (Å²) in [5.41, 5.74) is 9.97. The number of hydrogen-bond donors (Lipinski definition) is 6. The summed E-state index contributed by atoms with van der Waals surface area (Å²) >= 11 is 0. The van der Waals surface area contributed by atoms with E-state index in [-0.39, 0.29) is 19.8 Å². The van der Waals surface area contributed by atoms with Gasteiger partial charge >= 0.3 is 0 Å². The maximum atomic E-state index is 11.5. The number of aliphatic hydroxyl groups excluding tert-OH is 6. The minimum Gasteiger partial charge on any atom is -0.394 e. The van der Waals surface area contributed by atoms with E-state index in [1.807, 2.05) is 6.07 Å². The summed E-state index contributed by atoms with van der Waals surface area (Å²) in [4.78, 5) is 2.94. The fourth-order valence-corrected chi connectivity index (χ4v) is 10.2. The van der Waals surface area contributed by atoms with Crippen LogP contribution in [0, 0.1) is 0 Å². The molecule has 27 nitrogen and oxygen atoms in total. The third-order valence-corrected chi connectivity index (χ3v) is 13.7. The minimum absolute atomic E-state index is 0.0474. The molecule has 8 rings (SSSR count). The first-order valence-corrected chi connectivity index (χ1v) is 22.9. The van der Waals surface area contributed by atoms with Gasteiger partial charge in [-0.15, -0.1) is 0 Å². The van der Waals surface area contributed by atoms with Gasteiger partial charge in [0, 0.05) is 53.1 Å². The maximum absolute atomic E-state index is 11.5. The van der Waals surface area contributed by atoms with Crippen LogP contribution >= 0.6 is 0 Å². The van der Waals surface area contributed by atoms with Crippen molar-refractivity contribution < 1.29 is 116 Å². The molecule has 70 heavy (non-hydrogen) atoms. The maximum Gasteiger partial charge on any atom is 0.187 e. The summed E-state index contributed by atoms with van der Waals surface area (Å²) in [7, 11) is 8.48. The van der Waals surface area contributed by atoms with Gasteiger partial charge in [0.15, 0.2) is 37.7 Å². The lowest BCUT2D eigenvalue weighted by Crippen LogP contribution is -2.68. The van der Waals surface area contributed by atoms with Crippen LogP contribution in [0.2, 0.25) is 0 Å². The van der Waals surface area contributed by atoms with E-state index in [0.29, 0.717) is 5.56 Å². The molecular weight excluding hydrogens is 942 g/mol. The molecule has 7 fully saturated rings. The summed E-state index contributed by atoms with van der Waals surface area (Å²) < 4.78 is 109. The summed E-state index contributed by atoms with van der Waals surface area (Å²) in [6.45, 7) is -1.44. The second-order valence-electron chi connectivity index (χ2n) is 17.6. The van der Waals surface area contributed by atoms with Crippen LogP contribution in [-0.2, 0) is 85.3 Å². The first kappa shape index (κ1) is 53.8. The Kier molecular flexibility index (Phi) is 18.7. The van der Waals surface area contributed by atoms with Gasteiger partial charge in [-0.05, 0) is 5.53 Å². The highest BCUT2D eigenvalue weighted by atomic mass is 16.8. The SMILES string of the molecule is COC[C@H]1O[C@H](O[C@H]2C3CO[C@@H](O3)C(N=[N+]=[N-])[C@@H]2OC)C(OC)C(OC)[C@@H]1O[C@H]1O[C@H](CO)[C@@H](O[C@@H]2OC(CO)[C@H](O[C@@H]3OC4COC(c5ccccc5)O[C@@H]4[C@H](O)C3O)[C@H](O)C2O)C(OC)C1OC. The molecule has 0 radical (unpaired) electrons. The average Bonchev–Trinajstić information content (AvgIpc) is 3.82. The van der Waals surface area contributed by atoms with Gasteiger partial charge < -0.3 is 116 Å². The van der Waals surface area contributed by atoms with Gasteiger partial charge in [0.05, 0.1) is 39.1 Å². The van der Waals surface area contributed by atoms with E-state index in [9.17, 15) is 36.2 Å². The summed E-state index contributed by atoms with van der Waals surface area (Å²) in [6, 6.07) is 8.14. The summed E-state index contributed by atoms with van der Waals surface area (Å²) in [6.07, 6.45) is -30.2. The minimum atomic E-state index is -1.88. The molecule has 0 amide bonds. The highest BCUT2D eigenvalue weighted by Gasteiger charge is 2.59. The number of rotatable bonds is 19. The fourth-order valence-electron chi connectivity index (χ4n) is 10.2. The molecule has 7 aliphatic rings. The zero-order valence-corrected chi connectivity index (χ0v) is 39.3. The quantitative estimate of drug-likeness (QED) is 0.0461. The largest absolute Gasteiger partial charge is 0.394 e. The van der Waals surface area contributed by atoms with Gasteiger partial charge in [0.2, 0.25) is 0 Å². The molecule has 0 aliphatic carbocycles. The van der Waals surface area contributed by atoms with E-state index in [4.69, 9.17) is 85.3 Å². The van der Waals surface area contributed by atoms with Crippen molar-refractivity contribution in [2.24, 2.45) is 5.11 Å². The van der Waals surface area contributed by atoms with Crippen molar-refractivity contribution >= 4 is 0 Å². The highest BCUT2D eigenvalue weighted by Crippen LogP contribution is 2.40. The Balaban J connectivity index is 0.935. The molecule has 1 aromatic carbocycles. The first-order valence-electron chi connectivity index (χ1n) is 22.9. The first-order chi connectivity index (χ1) is 34.0. The summed E-state index contributed by atoms with van der Waals surface area (Å²) in [5, 5.41) is 70.4. The number of nitrogens with zero attached hydrogens (tertiary/aromatic N) is 3. The molecule has 0 aromatic heterocycles. The lowest BCUT2D eigenvalue weighted by molar-refractivity contribution is -0.400. The van der Waals surface area contributed by atoms with Crippen molar-refractivity contribution in [2.75, 3.05) is 75.7 Å². The molecule has 26 atom stereocenters. The van der Waals surface area contributed by atoms with Crippen LogP contribution in [0.15, 0.2) is 35.4 Å². The molecule has 396 valence electrons. The van der Waals surface area contributed by atoms with E-state index in [1.165, 1.54) is 42.7 Å². The second-order valence-corrected chi connectivity index (χ2v) is 17.6. The molecule has 1 aromatic rings. The molecule has 7 aliphatic heterocycles. The molecule has 0 spiro atoms. The van der Waals surface area contributed by atoms with Crippen LogP contribution in [0.25, 0.3) is 10.4 Å². The molecule has 27 heteroatoms. The predicted molar refractivity (Wildman–Crippen MR) is 226 cm³/mol. The molecule has 11 unspecified atom stereocenters. The van der Waals surface area contributed by atoms with Gasteiger partial charge in [-0.3, -0.25) is 0 Å². The Morgan fingerprint density at radius 3 is 1.69 bits per heavy atom. The highest BCUT2D eigenvalue weighted by molar-refractivity contribution is 5.17. The van der Waals surface area contributed by atoms with Crippen molar-refractivity contribution in [1.82, 2.24) is 0 Å². The van der Waals surface area contributed by atoms with E-state index in [1.54, 1.807) is 24.3 Å². The molecule has 6 N–H and O–H groups in total. The molecule has 2 bridgehead atoms. The van der Waals surface area contributed by atoms with Gasteiger partial charge in [-0.2, -0.15) is 0 Å². The summed E-state index contributed by atoms with van der Waals surface area (Å²) in [5.74, 6) is 0. The molecule has 7 heterocycles.